The van der Waals surface area contributed by atoms with E-state index in [2.05, 4.69) is 10.3 Å². The van der Waals surface area contributed by atoms with Crippen molar-refractivity contribution in [3.63, 3.8) is 0 Å². The molecule has 0 saturated heterocycles. The summed E-state index contributed by atoms with van der Waals surface area (Å²) in [7, 11) is 0. The van der Waals surface area contributed by atoms with Crippen LogP contribution in [0.5, 0.6) is 0 Å². The molecule has 3 N–H and O–H groups in total. The molecular weight excluding hydrogens is 257 g/mol. The van der Waals surface area contributed by atoms with Crippen LogP contribution in [0, 0.1) is 0 Å². The van der Waals surface area contributed by atoms with Crippen LogP contribution < -0.4 is 11.1 Å². The molecule has 3 nitrogen and oxygen atoms in total. The molecule has 0 aliphatic heterocycles. The summed E-state index contributed by atoms with van der Waals surface area (Å²) in [4.78, 5) is 4.11. The second-order valence-corrected chi connectivity index (χ2v) is 4.38. The number of pyridine rings is 1. The summed E-state index contributed by atoms with van der Waals surface area (Å²) in [5.74, 6) is 0.590. The number of benzene rings is 1. The Morgan fingerprint density at radius 3 is 2.47 bits per heavy atom. The first-order valence-corrected chi connectivity index (χ1v) is 5.81. The highest BCUT2D eigenvalue weighted by atomic mass is 35.5. The predicted molar refractivity (Wildman–Crippen MR) is 72.4 cm³/mol. The van der Waals surface area contributed by atoms with Crippen LogP contribution in [0.15, 0.2) is 36.4 Å². The third-order valence-corrected chi connectivity index (χ3v) is 2.73. The normalized spacial score (nSPS) is 10.2. The first kappa shape index (κ1) is 12.0. The number of halogens is 2. The molecular formula is C12H11Cl2N3. The van der Waals surface area contributed by atoms with Crippen molar-refractivity contribution in [2.45, 2.75) is 6.54 Å². The van der Waals surface area contributed by atoms with Gasteiger partial charge in [-0.2, -0.15) is 0 Å². The lowest BCUT2D eigenvalue weighted by Crippen LogP contribution is -2.04. The number of nitrogens with one attached hydrogen (secondary N) is 1. The molecule has 0 fully saturated rings. The van der Waals surface area contributed by atoms with Crippen LogP contribution in [0.2, 0.25) is 10.2 Å². The van der Waals surface area contributed by atoms with Gasteiger partial charge in [-0.25, -0.2) is 4.98 Å². The molecule has 1 aromatic heterocycles. The van der Waals surface area contributed by atoms with Gasteiger partial charge in [-0.05, 0) is 29.8 Å². The second kappa shape index (κ2) is 5.25. The lowest BCUT2D eigenvalue weighted by Gasteiger charge is -2.08. The molecule has 1 aromatic carbocycles. The highest BCUT2D eigenvalue weighted by molar-refractivity contribution is 6.30. The Kier molecular flexibility index (Phi) is 3.71. The fraction of sp³-hybridized carbons (Fsp3) is 0.0833. The Labute approximate surface area is 110 Å². The monoisotopic (exact) mass is 267 g/mol. The van der Waals surface area contributed by atoms with E-state index in [4.69, 9.17) is 28.9 Å². The molecule has 0 bridgehead atoms. The van der Waals surface area contributed by atoms with Gasteiger partial charge in [0.05, 0.1) is 5.69 Å². The van der Waals surface area contributed by atoms with E-state index >= 15 is 0 Å². The summed E-state index contributed by atoms with van der Waals surface area (Å²) in [6, 6.07) is 10.9. The topological polar surface area (TPSA) is 50.9 Å². The van der Waals surface area contributed by atoms with E-state index in [0.29, 0.717) is 28.2 Å². The van der Waals surface area contributed by atoms with Crippen LogP contribution in [0.1, 0.15) is 5.56 Å². The first-order chi connectivity index (χ1) is 8.15. The largest absolute Gasteiger partial charge is 0.396 e. The van der Waals surface area contributed by atoms with Crippen molar-refractivity contribution < 1.29 is 0 Å². The number of nitrogens with two attached hydrogens (primary N) is 1. The lowest BCUT2D eigenvalue weighted by atomic mass is 10.2. The van der Waals surface area contributed by atoms with E-state index < -0.39 is 0 Å². The zero-order valence-corrected chi connectivity index (χ0v) is 10.5. The van der Waals surface area contributed by atoms with Gasteiger partial charge < -0.3 is 11.1 Å². The van der Waals surface area contributed by atoms with Crippen LogP contribution in [-0.4, -0.2) is 4.98 Å². The minimum atomic E-state index is 0.415. The van der Waals surface area contributed by atoms with Crippen LogP contribution in [0.25, 0.3) is 0 Å². The smallest absolute Gasteiger partial charge is 0.151 e. The third-order valence-electron chi connectivity index (χ3n) is 2.27. The molecule has 0 aliphatic rings. The van der Waals surface area contributed by atoms with Crippen molar-refractivity contribution in [2.24, 2.45) is 0 Å². The maximum atomic E-state index is 5.80. The molecule has 1 heterocycles. The summed E-state index contributed by atoms with van der Waals surface area (Å²) in [5, 5.41) is 4.26. The predicted octanol–water partition coefficient (Wildman–Crippen LogP) is 3.58. The third kappa shape index (κ3) is 3.25. The summed E-state index contributed by atoms with van der Waals surface area (Å²) < 4.78 is 0. The summed E-state index contributed by atoms with van der Waals surface area (Å²) in [5.41, 5.74) is 7.44. The number of anilines is 2. The zero-order chi connectivity index (χ0) is 12.3. The van der Waals surface area contributed by atoms with Crippen LogP contribution in [-0.2, 0) is 6.54 Å². The summed E-state index contributed by atoms with van der Waals surface area (Å²) in [6.07, 6.45) is 0. The molecule has 0 saturated carbocycles. The number of nitrogens with zero attached hydrogens (tertiary/aromatic N) is 1. The van der Waals surface area contributed by atoms with E-state index in [1.165, 1.54) is 0 Å². The Bertz CT molecular complexity index is 512. The zero-order valence-electron chi connectivity index (χ0n) is 8.95. The van der Waals surface area contributed by atoms with Crippen LogP contribution in [0.4, 0.5) is 11.5 Å². The van der Waals surface area contributed by atoms with Gasteiger partial charge in [-0.3, -0.25) is 0 Å². The maximum absolute atomic E-state index is 5.80. The highest BCUT2D eigenvalue weighted by Crippen LogP contribution is 2.19. The molecule has 5 heteroatoms. The van der Waals surface area contributed by atoms with Gasteiger partial charge in [-0.15, -0.1) is 0 Å². The van der Waals surface area contributed by atoms with Gasteiger partial charge in [-0.1, -0.05) is 35.3 Å². The standard InChI is InChI=1S/C12H11Cl2N3/c13-9-3-1-8(2-4-9)7-16-12-10(15)5-6-11(14)17-12/h1-6H,7,15H2,(H,16,17). The number of hydrogen-bond donors (Lipinski definition) is 2. The lowest BCUT2D eigenvalue weighted by molar-refractivity contribution is 1.11. The fourth-order valence-corrected chi connectivity index (χ4v) is 1.65. The molecule has 88 valence electrons. The first-order valence-electron chi connectivity index (χ1n) is 5.05. The molecule has 2 rings (SSSR count). The Morgan fingerprint density at radius 1 is 1.06 bits per heavy atom. The van der Waals surface area contributed by atoms with Gasteiger partial charge in [0.15, 0.2) is 5.82 Å². The quantitative estimate of drug-likeness (QED) is 0.836. The number of nitrogen functional groups attached to an aromatic ring is 1. The molecule has 0 atom stereocenters. The minimum Gasteiger partial charge on any atom is -0.396 e. The minimum absolute atomic E-state index is 0.415. The SMILES string of the molecule is Nc1ccc(Cl)nc1NCc1ccc(Cl)cc1. The number of rotatable bonds is 3. The van der Waals surface area contributed by atoms with Crippen molar-refractivity contribution >= 4 is 34.7 Å². The molecule has 17 heavy (non-hydrogen) atoms. The van der Waals surface area contributed by atoms with Crippen LogP contribution >= 0.6 is 23.2 Å². The van der Waals surface area contributed by atoms with Crippen molar-refractivity contribution in [1.82, 2.24) is 4.98 Å². The molecule has 0 amide bonds. The maximum Gasteiger partial charge on any atom is 0.151 e. The number of aromatic nitrogens is 1. The van der Waals surface area contributed by atoms with Crippen molar-refractivity contribution in [2.75, 3.05) is 11.1 Å². The van der Waals surface area contributed by atoms with Crippen molar-refractivity contribution in [1.29, 1.82) is 0 Å². The molecule has 0 aliphatic carbocycles. The van der Waals surface area contributed by atoms with E-state index in [1.54, 1.807) is 12.1 Å². The summed E-state index contributed by atoms with van der Waals surface area (Å²) in [6.45, 7) is 0.620. The second-order valence-electron chi connectivity index (χ2n) is 3.55. The Morgan fingerprint density at radius 2 is 1.76 bits per heavy atom. The van der Waals surface area contributed by atoms with Gasteiger partial charge >= 0.3 is 0 Å². The van der Waals surface area contributed by atoms with E-state index in [-0.39, 0.29) is 0 Å². The van der Waals surface area contributed by atoms with E-state index in [0.717, 1.165) is 5.56 Å². The molecule has 2 aromatic rings. The van der Waals surface area contributed by atoms with Crippen molar-refractivity contribution in [3.05, 3.63) is 52.1 Å². The molecule has 0 unspecified atom stereocenters. The fourth-order valence-electron chi connectivity index (χ4n) is 1.38. The van der Waals surface area contributed by atoms with Crippen LogP contribution in [0.3, 0.4) is 0 Å². The Hall–Kier alpha value is -1.45. The average Bonchev–Trinajstić information content (AvgIpc) is 2.32. The van der Waals surface area contributed by atoms with Gasteiger partial charge in [0.25, 0.3) is 0 Å². The van der Waals surface area contributed by atoms with Gasteiger partial charge in [0.1, 0.15) is 5.15 Å². The summed E-state index contributed by atoms with van der Waals surface area (Å²) >= 11 is 11.6. The highest BCUT2D eigenvalue weighted by Gasteiger charge is 2.01. The van der Waals surface area contributed by atoms with E-state index in [1.807, 2.05) is 24.3 Å². The number of hydrogen-bond acceptors (Lipinski definition) is 3. The molecule has 0 radical (unpaired) electrons. The van der Waals surface area contributed by atoms with Gasteiger partial charge in [0, 0.05) is 11.6 Å². The Balaban J connectivity index is 2.07. The van der Waals surface area contributed by atoms with Crippen molar-refractivity contribution in [3.8, 4) is 0 Å². The average molecular weight is 268 g/mol. The van der Waals surface area contributed by atoms with E-state index in [9.17, 15) is 0 Å². The molecule has 0 spiro atoms. The van der Waals surface area contributed by atoms with Gasteiger partial charge in [0.2, 0.25) is 0 Å².